The summed E-state index contributed by atoms with van der Waals surface area (Å²) >= 11 is 0. The van der Waals surface area contributed by atoms with Crippen molar-refractivity contribution in [1.82, 2.24) is 0 Å². The minimum Gasteiger partial charge on any atom is -0.405 e. The molecular formula is C31H44O5Si. The second-order valence-corrected chi connectivity index (χ2v) is 15.9. The lowest BCUT2D eigenvalue weighted by molar-refractivity contribution is -0.202. The zero-order valence-corrected chi connectivity index (χ0v) is 24.5. The van der Waals surface area contributed by atoms with Crippen molar-refractivity contribution in [3.05, 3.63) is 72.8 Å². The smallest absolute Gasteiger partial charge is 0.261 e. The van der Waals surface area contributed by atoms with Crippen LogP contribution in [0.5, 0.6) is 0 Å². The number of hydrogen-bond donors (Lipinski definition) is 0. The average Bonchev–Trinajstić information content (AvgIpc) is 3.20. The van der Waals surface area contributed by atoms with E-state index in [0.717, 1.165) is 12.8 Å². The Morgan fingerprint density at radius 1 is 0.865 bits per heavy atom. The molecule has 0 bridgehead atoms. The van der Waals surface area contributed by atoms with Crippen LogP contribution in [0.3, 0.4) is 0 Å². The van der Waals surface area contributed by atoms with E-state index in [9.17, 15) is 0 Å². The molecule has 2 aliphatic heterocycles. The second kappa shape index (κ2) is 11.5. The van der Waals surface area contributed by atoms with E-state index in [4.69, 9.17) is 23.4 Å². The van der Waals surface area contributed by atoms with Gasteiger partial charge in [-0.05, 0) is 42.1 Å². The van der Waals surface area contributed by atoms with Gasteiger partial charge in [0.2, 0.25) is 0 Å². The van der Waals surface area contributed by atoms with Gasteiger partial charge in [-0.1, -0.05) is 101 Å². The first-order valence-electron chi connectivity index (χ1n) is 13.6. The van der Waals surface area contributed by atoms with Gasteiger partial charge in [-0.25, -0.2) is 0 Å². The molecule has 2 heterocycles. The molecule has 2 aromatic rings. The fourth-order valence-electron chi connectivity index (χ4n) is 5.93. The number of fused-ring (bicyclic) bond motifs is 1. The van der Waals surface area contributed by atoms with Gasteiger partial charge in [0.15, 0.2) is 5.79 Å². The molecule has 0 saturated carbocycles. The molecule has 2 fully saturated rings. The van der Waals surface area contributed by atoms with Crippen molar-refractivity contribution < 1.29 is 23.4 Å². The van der Waals surface area contributed by atoms with Crippen LogP contribution >= 0.6 is 0 Å². The molecule has 0 spiro atoms. The quantitative estimate of drug-likeness (QED) is 0.332. The molecule has 4 rings (SSSR count). The Balaban J connectivity index is 1.70. The van der Waals surface area contributed by atoms with Gasteiger partial charge < -0.3 is 23.4 Å². The summed E-state index contributed by atoms with van der Waals surface area (Å²) in [5.74, 6) is -0.685. The van der Waals surface area contributed by atoms with Crippen LogP contribution in [0.15, 0.2) is 72.8 Å². The van der Waals surface area contributed by atoms with E-state index in [1.807, 2.05) is 13.8 Å². The van der Waals surface area contributed by atoms with Gasteiger partial charge in [-0.15, -0.1) is 0 Å². The molecule has 0 aliphatic carbocycles. The molecule has 5 atom stereocenters. The zero-order valence-electron chi connectivity index (χ0n) is 23.5. The van der Waals surface area contributed by atoms with E-state index < -0.39 is 14.1 Å². The molecule has 2 saturated heterocycles. The summed E-state index contributed by atoms with van der Waals surface area (Å²) in [6.45, 7) is 13.3. The Hall–Kier alpha value is -1.80. The van der Waals surface area contributed by atoms with Crippen LogP contribution in [0.2, 0.25) is 5.04 Å². The third-order valence-corrected chi connectivity index (χ3v) is 12.5. The van der Waals surface area contributed by atoms with E-state index in [0.29, 0.717) is 6.61 Å². The molecule has 0 amide bonds. The summed E-state index contributed by atoms with van der Waals surface area (Å²) in [6, 6.07) is 21.4. The highest BCUT2D eigenvalue weighted by Crippen LogP contribution is 2.41. The van der Waals surface area contributed by atoms with Crippen LogP contribution in [0.1, 0.15) is 54.4 Å². The molecule has 0 aromatic heterocycles. The first-order chi connectivity index (χ1) is 17.6. The average molecular weight is 525 g/mol. The van der Waals surface area contributed by atoms with Gasteiger partial charge in [0.25, 0.3) is 8.32 Å². The van der Waals surface area contributed by atoms with Gasteiger partial charge in [0.05, 0.1) is 12.7 Å². The maximum absolute atomic E-state index is 7.23. The monoisotopic (exact) mass is 524 g/mol. The second-order valence-electron chi connectivity index (χ2n) is 11.6. The van der Waals surface area contributed by atoms with E-state index >= 15 is 0 Å². The molecule has 0 N–H and O–H groups in total. The van der Waals surface area contributed by atoms with Crippen LogP contribution < -0.4 is 10.4 Å². The van der Waals surface area contributed by atoms with Crippen molar-refractivity contribution >= 4 is 18.7 Å². The lowest BCUT2D eigenvalue weighted by Crippen LogP contribution is -2.68. The van der Waals surface area contributed by atoms with Crippen molar-refractivity contribution in [2.75, 3.05) is 13.7 Å². The number of ether oxygens (including phenoxy) is 4. The maximum atomic E-state index is 7.23. The molecule has 2 aromatic carbocycles. The maximum Gasteiger partial charge on any atom is 0.261 e. The summed E-state index contributed by atoms with van der Waals surface area (Å²) in [5.41, 5.74) is 0. The first kappa shape index (κ1) is 28.2. The van der Waals surface area contributed by atoms with Crippen LogP contribution in [-0.4, -0.2) is 58.3 Å². The van der Waals surface area contributed by atoms with Crippen molar-refractivity contribution in [2.45, 2.75) is 95.7 Å². The third kappa shape index (κ3) is 5.80. The van der Waals surface area contributed by atoms with Crippen LogP contribution in [0.25, 0.3) is 0 Å². The van der Waals surface area contributed by atoms with E-state index in [1.54, 1.807) is 7.11 Å². The number of hydrogen-bond acceptors (Lipinski definition) is 5. The van der Waals surface area contributed by atoms with Crippen LogP contribution in [0, 0.1) is 0 Å². The summed E-state index contributed by atoms with van der Waals surface area (Å²) in [4.78, 5) is 0. The van der Waals surface area contributed by atoms with Crippen LogP contribution in [-0.2, 0) is 23.4 Å². The standard InChI is InChI=1S/C31H44O5Si/c1-8-9-12-21-25-28-29(36-31(5,6)35-28)27(32-7)26(34-25)22-33-37(30(2,3)4,23-17-13-10-14-18-23)24-19-15-11-16-20-24/h9-20,25-29H,8,21-22H2,1-7H3/b12-9-/t25-,26-,27-,28-,29+/m1/s1. The predicted molar refractivity (Wildman–Crippen MR) is 151 cm³/mol. The molecule has 202 valence electrons. The van der Waals surface area contributed by atoms with Gasteiger partial charge in [-0.3, -0.25) is 0 Å². The third-order valence-electron chi connectivity index (χ3n) is 7.49. The number of allylic oxidation sites excluding steroid dienone is 1. The van der Waals surface area contributed by atoms with Crippen molar-refractivity contribution in [1.29, 1.82) is 0 Å². The highest BCUT2D eigenvalue weighted by atomic mass is 28.4. The Bertz CT molecular complexity index is 977. The summed E-state index contributed by atoms with van der Waals surface area (Å²) < 4.78 is 32.7. The van der Waals surface area contributed by atoms with Gasteiger partial charge in [0.1, 0.15) is 24.4 Å². The van der Waals surface area contributed by atoms with Gasteiger partial charge in [0, 0.05) is 7.11 Å². The van der Waals surface area contributed by atoms with E-state index in [1.165, 1.54) is 10.4 Å². The van der Waals surface area contributed by atoms with Gasteiger partial charge >= 0.3 is 0 Å². The fourth-order valence-corrected chi connectivity index (χ4v) is 10.5. The Kier molecular flexibility index (Phi) is 8.78. The Morgan fingerprint density at radius 2 is 1.43 bits per heavy atom. The van der Waals surface area contributed by atoms with E-state index in [2.05, 4.69) is 101 Å². The molecular weight excluding hydrogens is 480 g/mol. The van der Waals surface area contributed by atoms with Gasteiger partial charge in [-0.2, -0.15) is 0 Å². The minimum absolute atomic E-state index is 0.117. The minimum atomic E-state index is -2.71. The predicted octanol–water partition coefficient (Wildman–Crippen LogP) is 5.22. The molecule has 2 aliphatic rings. The number of benzene rings is 2. The summed E-state index contributed by atoms with van der Waals surface area (Å²) in [6.07, 6.45) is 4.99. The zero-order chi connectivity index (χ0) is 26.7. The lowest BCUT2D eigenvalue weighted by Gasteiger charge is -2.46. The molecule has 5 nitrogen and oxygen atoms in total. The molecule has 0 radical (unpaired) electrons. The van der Waals surface area contributed by atoms with E-state index in [-0.39, 0.29) is 35.6 Å². The van der Waals surface area contributed by atoms with Crippen molar-refractivity contribution in [3.8, 4) is 0 Å². The normalized spacial score (nSPS) is 27.9. The number of rotatable bonds is 9. The van der Waals surface area contributed by atoms with Crippen molar-refractivity contribution in [3.63, 3.8) is 0 Å². The summed E-state index contributed by atoms with van der Waals surface area (Å²) in [7, 11) is -0.983. The first-order valence-corrected chi connectivity index (χ1v) is 15.5. The Labute approximate surface area is 224 Å². The number of methoxy groups -OCH3 is 1. The highest BCUT2D eigenvalue weighted by Gasteiger charge is 2.56. The van der Waals surface area contributed by atoms with Crippen molar-refractivity contribution in [2.24, 2.45) is 0 Å². The SMILES string of the molecule is CC/C=C\C[C@H]1O[C@H](CO[Si](c2ccccc2)(c2ccccc2)C(C)(C)C)[C@@H](OC)[C@@H]2OC(C)(C)O[C@@H]21. The molecule has 6 heteroatoms. The fraction of sp³-hybridized carbons (Fsp3) is 0.548. The largest absolute Gasteiger partial charge is 0.405 e. The Morgan fingerprint density at radius 3 is 1.95 bits per heavy atom. The summed E-state index contributed by atoms with van der Waals surface area (Å²) in [5, 5.41) is 2.38. The molecule has 0 unspecified atom stereocenters. The molecule has 37 heavy (non-hydrogen) atoms. The lowest BCUT2D eigenvalue weighted by atomic mass is 9.93. The highest BCUT2D eigenvalue weighted by molar-refractivity contribution is 6.99. The van der Waals surface area contributed by atoms with Crippen LogP contribution in [0.4, 0.5) is 0 Å². The topological polar surface area (TPSA) is 46.2 Å².